The first-order valence-corrected chi connectivity index (χ1v) is 5.57. The Bertz CT molecular complexity index is 222. The molecule has 0 amide bonds. The van der Waals surface area contributed by atoms with Crippen molar-refractivity contribution in [1.82, 2.24) is 0 Å². The van der Waals surface area contributed by atoms with E-state index in [1.54, 1.807) is 0 Å². The molecule has 0 radical (unpaired) electrons. The van der Waals surface area contributed by atoms with E-state index in [9.17, 15) is 9.59 Å². The van der Waals surface area contributed by atoms with Crippen molar-refractivity contribution in [1.29, 1.82) is 0 Å². The summed E-state index contributed by atoms with van der Waals surface area (Å²) in [6.45, 7) is 0. The van der Waals surface area contributed by atoms with Gasteiger partial charge in [0.05, 0.1) is 0 Å². The molecule has 0 atom stereocenters. The SMILES string of the molecule is O=C(O)C(CCC1CCCCC1)C(=O)O.[CaH2]. The zero-order valence-electron chi connectivity index (χ0n) is 8.82. The topological polar surface area (TPSA) is 74.6 Å². The van der Waals surface area contributed by atoms with Crippen molar-refractivity contribution in [2.45, 2.75) is 44.9 Å². The summed E-state index contributed by atoms with van der Waals surface area (Å²) in [6.07, 6.45) is 6.94. The third kappa shape index (κ3) is 5.50. The van der Waals surface area contributed by atoms with Crippen LogP contribution >= 0.6 is 0 Å². The first kappa shape index (κ1) is 16.2. The minimum absolute atomic E-state index is 0. The van der Waals surface area contributed by atoms with E-state index in [4.69, 9.17) is 10.2 Å². The van der Waals surface area contributed by atoms with Gasteiger partial charge in [0, 0.05) is 0 Å². The summed E-state index contributed by atoms with van der Waals surface area (Å²) in [6, 6.07) is 0. The van der Waals surface area contributed by atoms with Crippen molar-refractivity contribution >= 4 is 49.7 Å². The van der Waals surface area contributed by atoms with Gasteiger partial charge < -0.3 is 10.2 Å². The van der Waals surface area contributed by atoms with Crippen molar-refractivity contribution in [2.24, 2.45) is 11.8 Å². The molecule has 0 bridgehead atoms. The molecule has 2 N–H and O–H groups in total. The van der Waals surface area contributed by atoms with Gasteiger partial charge in [-0.1, -0.05) is 32.1 Å². The van der Waals surface area contributed by atoms with E-state index in [1.807, 2.05) is 0 Å². The summed E-state index contributed by atoms with van der Waals surface area (Å²) in [4.78, 5) is 21.3. The zero-order valence-corrected chi connectivity index (χ0v) is 8.82. The molecule has 0 aromatic carbocycles. The first-order valence-electron chi connectivity index (χ1n) is 5.57. The Hall–Kier alpha value is 0.200. The fourth-order valence-corrected chi connectivity index (χ4v) is 2.23. The van der Waals surface area contributed by atoms with Crippen LogP contribution in [0.25, 0.3) is 0 Å². The molecular formula is C11H20CaO4. The molecule has 4 nitrogen and oxygen atoms in total. The van der Waals surface area contributed by atoms with E-state index in [-0.39, 0.29) is 44.2 Å². The average molecular weight is 256 g/mol. The molecule has 0 aromatic heterocycles. The Labute approximate surface area is 125 Å². The van der Waals surface area contributed by atoms with Gasteiger partial charge in [0.15, 0.2) is 5.92 Å². The number of carboxylic acid groups (broad SMARTS) is 2. The minimum atomic E-state index is -1.22. The van der Waals surface area contributed by atoms with Crippen LogP contribution in [-0.4, -0.2) is 59.9 Å². The Balaban J connectivity index is 0.00000225. The predicted octanol–water partition coefficient (Wildman–Crippen LogP) is 1.22. The Kier molecular flexibility index (Phi) is 8.42. The number of hydrogen-bond donors (Lipinski definition) is 2. The normalized spacial score (nSPS) is 16.8. The second-order valence-electron chi connectivity index (χ2n) is 4.31. The van der Waals surface area contributed by atoms with Crippen LogP contribution in [0.5, 0.6) is 0 Å². The van der Waals surface area contributed by atoms with E-state index in [0.29, 0.717) is 5.92 Å². The second-order valence-corrected chi connectivity index (χ2v) is 4.31. The van der Waals surface area contributed by atoms with Crippen molar-refractivity contribution in [3.63, 3.8) is 0 Å². The van der Waals surface area contributed by atoms with E-state index >= 15 is 0 Å². The number of aliphatic carboxylic acids is 2. The molecule has 0 aromatic rings. The van der Waals surface area contributed by atoms with Crippen molar-refractivity contribution in [3.8, 4) is 0 Å². The quantitative estimate of drug-likeness (QED) is 0.573. The molecule has 0 saturated heterocycles. The number of carbonyl (C=O) groups is 2. The van der Waals surface area contributed by atoms with Crippen LogP contribution in [0.4, 0.5) is 0 Å². The van der Waals surface area contributed by atoms with E-state index in [1.165, 1.54) is 19.3 Å². The molecule has 0 unspecified atom stereocenters. The van der Waals surface area contributed by atoms with Crippen LogP contribution in [0.2, 0.25) is 0 Å². The van der Waals surface area contributed by atoms with E-state index in [0.717, 1.165) is 19.3 Å². The van der Waals surface area contributed by atoms with Gasteiger partial charge in [0.2, 0.25) is 0 Å². The molecule has 1 aliphatic carbocycles. The third-order valence-corrected chi connectivity index (χ3v) is 3.18. The maximum atomic E-state index is 10.6. The van der Waals surface area contributed by atoms with Crippen molar-refractivity contribution in [3.05, 3.63) is 0 Å². The summed E-state index contributed by atoms with van der Waals surface area (Å²) >= 11 is 0. The summed E-state index contributed by atoms with van der Waals surface area (Å²) in [7, 11) is 0. The molecule has 1 rings (SSSR count). The zero-order chi connectivity index (χ0) is 11.3. The molecule has 0 heterocycles. The first-order chi connectivity index (χ1) is 7.11. The Morgan fingerprint density at radius 3 is 2.00 bits per heavy atom. The van der Waals surface area contributed by atoms with Crippen LogP contribution in [-0.2, 0) is 9.59 Å². The molecule has 5 heteroatoms. The van der Waals surface area contributed by atoms with Gasteiger partial charge >= 0.3 is 49.7 Å². The number of hydrogen-bond acceptors (Lipinski definition) is 2. The molecule has 16 heavy (non-hydrogen) atoms. The van der Waals surface area contributed by atoms with Crippen LogP contribution in [0.1, 0.15) is 44.9 Å². The predicted molar refractivity (Wildman–Crippen MR) is 63.1 cm³/mol. The van der Waals surface area contributed by atoms with Crippen molar-refractivity contribution in [2.75, 3.05) is 0 Å². The Morgan fingerprint density at radius 2 is 1.56 bits per heavy atom. The average Bonchev–Trinajstić information content (AvgIpc) is 2.18. The summed E-state index contributed by atoms with van der Waals surface area (Å²) < 4.78 is 0. The van der Waals surface area contributed by atoms with Gasteiger partial charge in [0.25, 0.3) is 0 Å². The number of rotatable bonds is 5. The monoisotopic (exact) mass is 256 g/mol. The van der Waals surface area contributed by atoms with Gasteiger partial charge in [-0.15, -0.1) is 0 Å². The van der Waals surface area contributed by atoms with Gasteiger partial charge in [0.1, 0.15) is 0 Å². The second kappa shape index (κ2) is 8.31. The molecule has 0 spiro atoms. The standard InChI is InChI=1S/C11H18O4.Ca.2H/c12-10(13)9(11(14)15)7-6-8-4-2-1-3-5-8;;;/h8-9H,1-7H2,(H,12,13)(H,14,15);;;. The van der Waals surface area contributed by atoms with Crippen LogP contribution in [0.3, 0.4) is 0 Å². The van der Waals surface area contributed by atoms with Gasteiger partial charge in [-0.05, 0) is 18.8 Å². The summed E-state index contributed by atoms with van der Waals surface area (Å²) in [5.41, 5.74) is 0. The van der Waals surface area contributed by atoms with Crippen molar-refractivity contribution < 1.29 is 19.8 Å². The Morgan fingerprint density at radius 1 is 1.06 bits per heavy atom. The van der Waals surface area contributed by atoms with Crippen LogP contribution in [0, 0.1) is 11.8 Å². The fraction of sp³-hybridized carbons (Fsp3) is 0.818. The van der Waals surface area contributed by atoms with Crippen LogP contribution in [0.15, 0.2) is 0 Å². The van der Waals surface area contributed by atoms with E-state index < -0.39 is 17.9 Å². The third-order valence-electron chi connectivity index (χ3n) is 3.18. The summed E-state index contributed by atoms with van der Waals surface area (Å²) in [5, 5.41) is 17.4. The molecule has 90 valence electrons. The molecule has 1 saturated carbocycles. The molecular weight excluding hydrogens is 236 g/mol. The molecule has 1 aliphatic rings. The van der Waals surface area contributed by atoms with Gasteiger partial charge in [-0.25, -0.2) is 0 Å². The van der Waals surface area contributed by atoms with Crippen LogP contribution < -0.4 is 0 Å². The maximum absolute atomic E-state index is 10.6. The molecule has 1 fully saturated rings. The van der Waals surface area contributed by atoms with E-state index in [2.05, 4.69) is 0 Å². The fourth-order valence-electron chi connectivity index (χ4n) is 2.23. The van der Waals surface area contributed by atoms with Gasteiger partial charge in [-0.3, -0.25) is 9.59 Å². The molecule has 0 aliphatic heterocycles. The number of carboxylic acids is 2. The summed E-state index contributed by atoms with van der Waals surface area (Å²) in [5.74, 6) is -3.09. The van der Waals surface area contributed by atoms with Gasteiger partial charge in [-0.2, -0.15) is 0 Å².